The van der Waals surface area contributed by atoms with Gasteiger partial charge in [0.15, 0.2) is 0 Å². The molecule has 1 aliphatic carbocycles. The predicted molar refractivity (Wildman–Crippen MR) is 67.9 cm³/mol. The zero-order valence-electron chi connectivity index (χ0n) is 10.2. The van der Waals surface area contributed by atoms with E-state index in [0.717, 1.165) is 6.42 Å². The molecule has 0 heterocycles. The van der Waals surface area contributed by atoms with E-state index in [1.54, 1.807) is 0 Å². The number of aryl methyl sites for hydroxylation is 1. The Morgan fingerprint density at radius 2 is 2.06 bits per heavy atom. The van der Waals surface area contributed by atoms with Crippen LogP contribution in [0.2, 0.25) is 0 Å². The fraction of sp³-hybridized carbons (Fsp3) is 0.571. The molecule has 17 heavy (non-hydrogen) atoms. The van der Waals surface area contributed by atoms with Gasteiger partial charge in [-0.2, -0.15) is 0 Å². The fourth-order valence-corrected chi connectivity index (χ4v) is 2.32. The fourth-order valence-electron chi connectivity index (χ4n) is 2.32. The van der Waals surface area contributed by atoms with E-state index in [9.17, 15) is 0 Å². The summed E-state index contributed by atoms with van der Waals surface area (Å²) in [5, 5.41) is 0. The number of hydrogen-bond donors (Lipinski definition) is 1. The Hall–Kier alpha value is -0.900. The average molecular weight is 235 g/mol. The van der Waals surface area contributed by atoms with E-state index in [2.05, 4.69) is 24.3 Å². The second kappa shape index (κ2) is 6.74. The lowest BCUT2D eigenvalue weighted by Crippen LogP contribution is -2.16. The first kappa shape index (κ1) is 12.6. The van der Waals surface area contributed by atoms with Gasteiger partial charge in [0.1, 0.15) is 0 Å². The topological polar surface area (TPSA) is 44.5 Å². The van der Waals surface area contributed by atoms with Crippen LogP contribution in [-0.4, -0.2) is 26.4 Å². The van der Waals surface area contributed by atoms with Crippen molar-refractivity contribution in [2.24, 2.45) is 5.73 Å². The Morgan fingerprint density at radius 1 is 1.18 bits per heavy atom. The number of rotatable bonds is 6. The van der Waals surface area contributed by atoms with E-state index in [-0.39, 0.29) is 6.10 Å². The highest BCUT2D eigenvalue weighted by Crippen LogP contribution is 2.31. The molecular formula is C14H21NO2. The largest absolute Gasteiger partial charge is 0.378 e. The molecule has 0 spiro atoms. The summed E-state index contributed by atoms with van der Waals surface area (Å²) in [5.41, 5.74) is 8.15. The number of benzene rings is 1. The second-order valence-corrected chi connectivity index (χ2v) is 4.35. The molecular weight excluding hydrogens is 214 g/mol. The zero-order valence-corrected chi connectivity index (χ0v) is 10.2. The lowest BCUT2D eigenvalue weighted by atomic mass is 9.89. The van der Waals surface area contributed by atoms with Crippen LogP contribution in [0.4, 0.5) is 0 Å². The molecule has 1 aromatic carbocycles. The summed E-state index contributed by atoms with van der Waals surface area (Å²) in [6.07, 6.45) is 3.76. The van der Waals surface area contributed by atoms with E-state index < -0.39 is 0 Å². The van der Waals surface area contributed by atoms with Crippen molar-refractivity contribution in [3.05, 3.63) is 35.4 Å². The average Bonchev–Trinajstić information content (AvgIpc) is 2.39. The number of fused-ring (bicyclic) bond motifs is 1. The quantitative estimate of drug-likeness (QED) is 0.768. The van der Waals surface area contributed by atoms with Gasteiger partial charge in [-0.05, 0) is 30.4 Å². The maximum atomic E-state index is 5.89. The molecule has 0 bridgehead atoms. The molecule has 0 fully saturated rings. The minimum atomic E-state index is 0.251. The van der Waals surface area contributed by atoms with Gasteiger partial charge in [-0.1, -0.05) is 24.3 Å². The summed E-state index contributed by atoms with van der Waals surface area (Å²) in [7, 11) is 0. The van der Waals surface area contributed by atoms with Gasteiger partial charge in [0, 0.05) is 6.54 Å². The molecule has 0 saturated heterocycles. The van der Waals surface area contributed by atoms with Crippen molar-refractivity contribution in [3.63, 3.8) is 0 Å². The molecule has 1 atom stereocenters. The Bertz CT molecular complexity index is 341. The van der Waals surface area contributed by atoms with Gasteiger partial charge >= 0.3 is 0 Å². The van der Waals surface area contributed by atoms with Crippen molar-refractivity contribution in [2.75, 3.05) is 26.4 Å². The van der Waals surface area contributed by atoms with Crippen LogP contribution in [0.25, 0.3) is 0 Å². The monoisotopic (exact) mass is 235 g/mol. The van der Waals surface area contributed by atoms with E-state index in [1.165, 1.54) is 24.0 Å². The highest BCUT2D eigenvalue weighted by molar-refractivity contribution is 5.31. The molecule has 1 aliphatic rings. The van der Waals surface area contributed by atoms with Crippen LogP contribution in [0.3, 0.4) is 0 Å². The summed E-state index contributed by atoms with van der Waals surface area (Å²) >= 11 is 0. The van der Waals surface area contributed by atoms with Crippen LogP contribution in [0.1, 0.15) is 30.1 Å². The van der Waals surface area contributed by atoms with Gasteiger partial charge in [0.05, 0.1) is 25.9 Å². The van der Waals surface area contributed by atoms with E-state index in [4.69, 9.17) is 15.2 Å². The molecule has 2 rings (SSSR count). The van der Waals surface area contributed by atoms with Gasteiger partial charge in [0.25, 0.3) is 0 Å². The molecule has 94 valence electrons. The van der Waals surface area contributed by atoms with Crippen molar-refractivity contribution in [2.45, 2.75) is 25.4 Å². The van der Waals surface area contributed by atoms with E-state index >= 15 is 0 Å². The lowest BCUT2D eigenvalue weighted by molar-refractivity contribution is -0.00178. The highest BCUT2D eigenvalue weighted by atomic mass is 16.5. The standard InChI is InChI=1S/C14H21NO2/c15-8-9-16-10-11-17-14-7-3-5-12-4-1-2-6-13(12)14/h1-2,4,6,14H,3,5,7-11,15H2. The van der Waals surface area contributed by atoms with Gasteiger partial charge in [-0.15, -0.1) is 0 Å². The van der Waals surface area contributed by atoms with Crippen molar-refractivity contribution in [1.29, 1.82) is 0 Å². The Balaban J connectivity index is 1.82. The van der Waals surface area contributed by atoms with Crippen molar-refractivity contribution in [1.82, 2.24) is 0 Å². The summed E-state index contributed by atoms with van der Waals surface area (Å²) in [6, 6.07) is 8.58. The summed E-state index contributed by atoms with van der Waals surface area (Å²) in [4.78, 5) is 0. The van der Waals surface area contributed by atoms with Crippen LogP contribution < -0.4 is 5.73 Å². The second-order valence-electron chi connectivity index (χ2n) is 4.35. The van der Waals surface area contributed by atoms with Gasteiger partial charge in [-0.3, -0.25) is 0 Å². The van der Waals surface area contributed by atoms with Crippen LogP contribution >= 0.6 is 0 Å². The van der Waals surface area contributed by atoms with Crippen molar-refractivity contribution < 1.29 is 9.47 Å². The zero-order chi connectivity index (χ0) is 11.9. The van der Waals surface area contributed by atoms with Gasteiger partial charge < -0.3 is 15.2 Å². The third-order valence-electron chi connectivity index (χ3n) is 3.12. The van der Waals surface area contributed by atoms with Gasteiger partial charge in [0.2, 0.25) is 0 Å². The van der Waals surface area contributed by atoms with Crippen LogP contribution in [-0.2, 0) is 15.9 Å². The van der Waals surface area contributed by atoms with E-state index in [1.807, 2.05) is 0 Å². The molecule has 1 aromatic rings. The van der Waals surface area contributed by atoms with Crippen LogP contribution in [0.15, 0.2) is 24.3 Å². The molecule has 3 heteroatoms. The number of nitrogens with two attached hydrogens (primary N) is 1. The molecule has 0 radical (unpaired) electrons. The lowest BCUT2D eigenvalue weighted by Gasteiger charge is -2.25. The molecule has 0 amide bonds. The first-order valence-corrected chi connectivity index (χ1v) is 6.39. The molecule has 0 saturated carbocycles. The third kappa shape index (κ3) is 3.53. The summed E-state index contributed by atoms with van der Waals surface area (Å²) < 4.78 is 11.2. The van der Waals surface area contributed by atoms with Crippen molar-refractivity contribution >= 4 is 0 Å². The predicted octanol–water partition coefficient (Wildman–Crippen LogP) is 2.06. The number of hydrogen-bond acceptors (Lipinski definition) is 3. The van der Waals surface area contributed by atoms with Crippen LogP contribution in [0.5, 0.6) is 0 Å². The summed E-state index contributed by atoms with van der Waals surface area (Å²) in [6.45, 7) is 2.48. The minimum absolute atomic E-state index is 0.251. The Labute approximate surface area is 103 Å². The normalized spacial score (nSPS) is 19.0. The summed E-state index contributed by atoms with van der Waals surface area (Å²) in [5.74, 6) is 0. The first-order valence-electron chi connectivity index (χ1n) is 6.39. The van der Waals surface area contributed by atoms with Crippen molar-refractivity contribution in [3.8, 4) is 0 Å². The van der Waals surface area contributed by atoms with E-state index in [0.29, 0.717) is 26.4 Å². The molecule has 3 nitrogen and oxygen atoms in total. The maximum absolute atomic E-state index is 5.89. The van der Waals surface area contributed by atoms with Gasteiger partial charge in [-0.25, -0.2) is 0 Å². The molecule has 0 aliphatic heterocycles. The molecule has 2 N–H and O–H groups in total. The smallest absolute Gasteiger partial charge is 0.0828 e. The Morgan fingerprint density at radius 3 is 2.94 bits per heavy atom. The van der Waals surface area contributed by atoms with Crippen LogP contribution in [0, 0.1) is 0 Å². The molecule has 0 aromatic heterocycles. The number of ether oxygens (including phenoxy) is 2. The highest BCUT2D eigenvalue weighted by Gasteiger charge is 2.19. The SMILES string of the molecule is NCCOCCOC1CCCc2ccccc21. The first-order chi connectivity index (χ1) is 8.42. The minimum Gasteiger partial charge on any atom is -0.378 e. The maximum Gasteiger partial charge on any atom is 0.0828 e. The molecule has 1 unspecified atom stereocenters. The third-order valence-corrected chi connectivity index (χ3v) is 3.12. The Kier molecular flexibility index (Phi) is 4.98.